The van der Waals surface area contributed by atoms with Crippen molar-refractivity contribution in [3.8, 4) is 0 Å². The summed E-state index contributed by atoms with van der Waals surface area (Å²) in [6.45, 7) is 1.66. The van der Waals surface area contributed by atoms with Crippen LogP contribution in [-0.2, 0) is 21.8 Å². The lowest BCUT2D eigenvalue weighted by Crippen LogP contribution is -2.06. The van der Waals surface area contributed by atoms with Gasteiger partial charge in [0.05, 0.1) is 23.9 Å². The van der Waals surface area contributed by atoms with E-state index in [0.717, 1.165) is 10.6 Å². The van der Waals surface area contributed by atoms with Crippen LogP contribution in [0, 0.1) is 6.92 Å². The van der Waals surface area contributed by atoms with Crippen LogP contribution < -0.4 is 0 Å². The molecule has 0 amide bonds. The Morgan fingerprint density at radius 3 is 2.81 bits per heavy atom. The standard InChI is InChI=1S/C19H17NO5S2/c1-12-7-14(25-17(12)19(22)23-2)8-24-18(21)15-5-3-4-6-16(15)27-10-13-9-26-11-20-13/h3-7,9,11H,8,10H2,1-2H3. The maximum absolute atomic E-state index is 12.5. The molecule has 140 valence electrons. The third kappa shape index (κ3) is 4.78. The molecule has 0 aliphatic heterocycles. The van der Waals surface area contributed by atoms with Gasteiger partial charge in [-0.15, -0.1) is 23.1 Å². The van der Waals surface area contributed by atoms with E-state index in [2.05, 4.69) is 9.72 Å². The van der Waals surface area contributed by atoms with Gasteiger partial charge in [-0.3, -0.25) is 0 Å². The molecule has 0 saturated carbocycles. The largest absolute Gasteiger partial charge is 0.463 e. The normalized spacial score (nSPS) is 10.6. The van der Waals surface area contributed by atoms with Gasteiger partial charge in [0.2, 0.25) is 5.76 Å². The summed E-state index contributed by atoms with van der Waals surface area (Å²) in [5.74, 6) is 0.156. The summed E-state index contributed by atoms with van der Waals surface area (Å²) in [5.41, 5.74) is 3.86. The highest BCUT2D eigenvalue weighted by Crippen LogP contribution is 2.27. The molecule has 0 aliphatic rings. The van der Waals surface area contributed by atoms with Gasteiger partial charge in [-0.2, -0.15) is 0 Å². The Balaban J connectivity index is 1.65. The number of carbonyl (C=O) groups is 2. The van der Waals surface area contributed by atoms with Crippen LogP contribution in [-0.4, -0.2) is 24.0 Å². The zero-order valence-corrected chi connectivity index (χ0v) is 16.4. The van der Waals surface area contributed by atoms with Crippen molar-refractivity contribution in [2.75, 3.05) is 7.11 Å². The fraction of sp³-hybridized carbons (Fsp3) is 0.211. The van der Waals surface area contributed by atoms with E-state index in [1.54, 1.807) is 30.6 Å². The van der Waals surface area contributed by atoms with E-state index in [4.69, 9.17) is 9.15 Å². The summed E-state index contributed by atoms with van der Waals surface area (Å²) in [7, 11) is 1.28. The minimum Gasteiger partial charge on any atom is -0.463 e. The van der Waals surface area contributed by atoms with Crippen LogP contribution in [0.1, 0.15) is 37.9 Å². The third-order valence-electron chi connectivity index (χ3n) is 3.65. The van der Waals surface area contributed by atoms with Crippen LogP contribution >= 0.6 is 23.1 Å². The van der Waals surface area contributed by atoms with Gasteiger partial charge in [0, 0.05) is 21.6 Å². The highest BCUT2D eigenvalue weighted by Gasteiger charge is 2.18. The fourth-order valence-corrected chi connectivity index (χ4v) is 3.96. The van der Waals surface area contributed by atoms with E-state index >= 15 is 0 Å². The van der Waals surface area contributed by atoms with Crippen LogP contribution in [0.5, 0.6) is 0 Å². The summed E-state index contributed by atoms with van der Waals surface area (Å²) in [5, 5.41) is 1.98. The molecule has 3 rings (SSSR count). The number of hydrogen-bond acceptors (Lipinski definition) is 8. The first-order chi connectivity index (χ1) is 13.1. The van der Waals surface area contributed by atoms with Crippen LogP contribution in [0.3, 0.4) is 0 Å². The molecule has 27 heavy (non-hydrogen) atoms. The monoisotopic (exact) mass is 403 g/mol. The zero-order valence-electron chi connectivity index (χ0n) is 14.8. The van der Waals surface area contributed by atoms with Crippen LogP contribution in [0.25, 0.3) is 0 Å². The molecule has 0 bridgehead atoms. The Bertz CT molecular complexity index is 933. The van der Waals surface area contributed by atoms with Gasteiger partial charge in [0.1, 0.15) is 12.4 Å². The molecule has 0 spiro atoms. The van der Waals surface area contributed by atoms with Crippen molar-refractivity contribution in [1.29, 1.82) is 0 Å². The quantitative estimate of drug-likeness (QED) is 0.425. The van der Waals surface area contributed by atoms with Crippen molar-refractivity contribution >= 4 is 35.0 Å². The van der Waals surface area contributed by atoms with E-state index in [-0.39, 0.29) is 12.4 Å². The lowest BCUT2D eigenvalue weighted by molar-refractivity contribution is 0.0434. The van der Waals surface area contributed by atoms with E-state index in [9.17, 15) is 9.59 Å². The molecule has 0 unspecified atom stereocenters. The van der Waals surface area contributed by atoms with Gasteiger partial charge < -0.3 is 13.9 Å². The summed E-state index contributed by atoms with van der Waals surface area (Å²) < 4.78 is 15.4. The number of carbonyl (C=O) groups excluding carboxylic acids is 2. The molecular weight excluding hydrogens is 386 g/mol. The average molecular weight is 403 g/mol. The van der Waals surface area contributed by atoms with Crippen molar-refractivity contribution in [2.45, 2.75) is 24.2 Å². The van der Waals surface area contributed by atoms with Crippen molar-refractivity contribution in [2.24, 2.45) is 0 Å². The average Bonchev–Trinajstić information content (AvgIpc) is 3.33. The first kappa shape index (κ1) is 19.2. The smallest absolute Gasteiger partial charge is 0.374 e. The molecule has 8 heteroatoms. The van der Waals surface area contributed by atoms with Crippen molar-refractivity contribution in [3.63, 3.8) is 0 Å². The maximum atomic E-state index is 12.5. The molecule has 1 aromatic carbocycles. The highest BCUT2D eigenvalue weighted by atomic mass is 32.2. The van der Waals surface area contributed by atoms with E-state index in [0.29, 0.717) is 22.6 Å². The van der Waals surface area contributed by atoms with Gasteiger partial charge in [-0.1, -0.05) is 12.1 Å². The summed E-state index contributed by atoms with van der Waals surface area (Å²) in [6, 6.07) is 8.91. The summed E-state index contributed by atoms with van der Waals surface area (Å²) >= 11 is 3.07. The minimum atomic E-state index is -0.561. The molecule has 0 saturated heterocycles. The number of rotatable bonds is 7. The van der Waals surface area contributed by atoms with Crippen molar-refractivity contribution in [1.82, 2.24) is 4.98 Å². The Labute approximate surface area is 164 Å². The molecule has 3 aromatic rings. The van der Waals surface area contributed by atoms with Gasteiger partial charge in [0.15, 0.2) is 0 Å². The second-order valence-electron chi connectivity index (χ2n) is 5.56. The number of esters is 2. The first-order valence-electron chi connectivity index (χ1n) is 8.02. The topological polar surface area (TPSA) is 78.6 Å². The number of aryl methyl sites for hydroxylation is 1. The molecule has 0 N–H and O–H groups in total. The number of thiazole rings is 1. The third-order valence-corrected chi connectivity index (χ3v) is 5.39. The summed E-state index contributed by atoms with van der Waals surface area (Å²) in [4.78, 5) is 29.2. The Morgan fingerprint density at radius 2 is 2.07 bits per heavy atom. The van der Waals surface area contributed by atoms with Crippen LogP contribution in [0.2, 0.25) is 0 Å². The number of thioether (sulfide) groups is 1. The van der Waals surface area contributed by atoms with E-state index in [1.165, 1.54) is 30.2 Å². The Kier molecular flexibility index (Phi) is 6.31. The lowest BCUT2D eigenvalue weighted by Gasteiger charge is -2.08. The van der Waals surface area contributed by atoms with Crippen LogP contribution in [0.4, 0.5) is 0 Å². The molecule has 2 aromatic heterocycles. The SMILES string of the molecule is COC(=O)c1oc(COC(=O)c2ccccc2SCc2cscn2)cc1C. The second kappa shape index (κ2) is 8.88. The molecule has 0 atom stereocenters. The minimum absolute atomic E-state index is 0.0677. The highest BCUT2D eigenvalue weighted by molar-refractivity contribution is 7.98. The number of hydrogen-bond donors (Lipinski definition) is 0. The van der Waals surface area contributed by atoms with Crippen molar-refractivity contribution < 1.29 is 23.5 Å². The molecule has 2 heterocycles. The lowest BCUT2D eigenvalue weighted by atomic mass is 10.2. The van der Waals surface area contributed by atoms with E-state index in [1.807, 2.05) is 17.5 Å². The maximum Gasteiger partial charge on any atom is 0.374 e. The Morgan fingerprint density at radius 1 is 1.26 bits per heavy atom. The number of nitrogens with zero attached hydrogens (tertiary/aromatic N) is 1. The number of aromatic nitrogens is 1. The second-order valence-corrected chi connectivity index (χ2v) is 7.29. The number of furan rings is 1. The van der Waals surface area contributed by atoms with Gasteiger partial charge in [-0.25, -0.2) is 14.6 Å². The van der Waals surface area contributed by atoms with Crippen LogP contribution in [0.15, 0.2) is 50.5 Å². The molecule has 0 fully saturated rings. The predicted octanol–water partition coefficient (Wildman–Crippen LogP) is 4.48. The zero-order chi connectivity index (χ0) is 19.2. The predicted molar refractivity (Wildman–Crippen MR) is 102 cm³/mol. The number of benzene rings is 1. The van der Waals surface area contributed by atoms with Crippen molar-refractivity contribution in [3.05, 3.63) is 69.6 Å². The first-order valence-corrected chi connectivity index (χ1v) is 9.95. The molecule has 0 radical (unpaired) electrons. The number of methoxy groups -OCH3 is 1. The Hall–Kier alpha value is -2.58. The van der Waals surface area contributed by atoms with Gasteiger partial charge in [-0.05, 0) is 25.1 Å². The summed E-state index contributed by atoms with van der Waals surface area (Å²) in [6.07, 6.45) is 0. The fourth-order valence-electron chi connectivity index (χ4n) is 2.35. The van der Waals surface area contributed by atoms with Gasteiger partial charge >= 0.3 is 11.9 Å². The van der Waals surface area contributed by atoms with Gasteiger partial charge in [0.25, 0.3) is 0 Å². The number of ether oxygens (including phenoxy) is 2. The molecular formula is C19H17NO5S2. The molecule has 6 nitrogen and oxygen atoms in total. The molecule has 0 aliphatic carbocycles. The van der Waals surface area contributed by atoms with E-state index < -0.39 is 11.9 Å².